The van der Waals surface area contributed by atoms with Gasteiger partial charge in [-0.1, -0.05) is 12.2 Å². The summed E-state index contributed by atoms with van der Waals surface area (Å²) in [4.78, 5) is 13.9. The number of aromatic hydroxyl groups is 1. The number of carbonyl (C=O) groups excluding carboxylic acids is 1. The van der Waals surface area contributed by atoms with E-state index in [4.69, 9.17) is 5.11 Å². The lowest BCUT2D eigenvalue weighted by Crippen LogP contribution is -2.33. The zero-order valence-corrected chi connectivity index (χ0v) is 10.0. The van der Waals surface area contributed by atoms with Crippen LogP contribution in [0.2, 0.25) is 0 Å². The predicted molar refractivity (Wildman–Crippen MR) is 70.3 cm³/mol. The molecule has 18 heavy (non-hydrogen) atoms. The average Bonchev–Trinajstić information content (AvgIpc) is 2.40. The van der Waals surface area contributed by atoms with Gasteiger partial charge in [-0.2, -0.15) is 0 Å². The molecule has 1 aromatic carbocycles. The summed E-state index contributed by atoms with van der Waals surface area (Å²) < 4.78 is 0. The van der Waals surface area contributed by atoms with Gasteiger partial charge in [0.2, 0.25) is 0 Å². The van der Waals surface area contributed by atoms with Crippen molar-refractivity contribution < 1.29 is 9.90 Å². The van der Waals surface area contributed by atoms with Crippen molar-refractivity contribution >= 4 is 5.91 Å². The van der Waals surface area contributed by atoms with Crippen LogP contribution in [0.4, 0.5) is 0 Å². The summed E-state index contributed by atoms with van der Waals surface area (Å²) in [6, 6.07) is 6.22. The number of phenolic OH excluding ortho intramolecular Hbond substituents is 1. The smallest absolute Gasteiger partial charge is 0.251 e. The molecule has 0 saturated heterocycles. The largest absolute Gasteiger partial charge is 0.508 e. The molecule has 4 nitrogen and oxygen atoms in total. The van der Waals surface area contributed by atoms with Gasteiger partial charge in [-0.05, 0) is 36.5 Å². The van der Waals surface area contributed by atoms with E-state index in [0.717, 1.165) is 13.1 Å². The van der Waals surface area contributed by atoms with Crippen molar-refractivity contribution in [1.82, 2.24) is 10.2 Å². The second kappa shape index (κ2) is 5.91. The van der Waals surface area contributed by atoms with Crippen LogP contribution in [0.1, 0.15) is 10.4 Å². The molecular weight excluding hydrogens is 228 g/mol. The van der Waals surface area contributed by atoms with Gasteiger partial charge in [0.15, 0.2) is 0 Å². The lowest BCUT2D eigenvalue weighted by Gasteiger charge is -2.20. The Morgan fingerprint density at radius 2 is 2.06 bits per heavy atom. The highest BCUT2D eigenvalue weighted by molar-refractivity contribution is 5.94. The number of hydrogen-bond acceptors (Lipinski definition) is 3. The van der Waals surface area contributed by atoms with Gasteiger partial charge in [0, 0.05) is 25.2 Å². The third kappa shape index (κ3) is 3.38. The summed E-state index contributed by atoms with van der Waals surface area (Å²) in [7, 11) is 0. The van der Waals surface area contributed by atoms with Gasteiger partial charge in [0.1, 0.15) is 5.75 Å². The Bertz CT molecular complexity index is 463. The third-order valence-corrected chi connectivity index (χ3v) is 2.70. The molecule has 1 aliphatic rings. The van der Waals surface area contributed by atoms with Crippen LogP contribution in [0.3, 0.4) is 0 Å². The van der Waals surface area contributed by atoms with Crippen molar-refractivity contribution in [2.24, 2.45) is 0 Å². The Labute approximate surface area is 106 Å². The average molecular weight is 244 g/mol. The maximum Gasteiger partial charge on any atom is 0.251 e. The minimum Gasteiger partial charge on any atom is -0.508 e. The van der Waals surface area contributed by atoms with Crippen LogP contribution >= 0.6 is 0 Å². The molecule has 2 rings (SSSR count). The molecule has 0 radical (unpaired) electrons. The number of rotatable bonds is 4. The summed E-state index contributed by atoms with van der Waals surface area (Å²) in [5.74, 6) is 0.0447. The molecule has 1 amide bonds. The molecule has 0 spiro atoms. The molecule has 0 aromatic heterocycles. The summed E-state index contributed by atoms with van der Waals surface area (Å²) in [5, 5.41) is 12.0. The van der Waals surface area contributed by atoms with Gasteiger partial charge in [-0.25, -0.2) is 0 Å². The standard InChI is InChI=1S/C14H16N2O2/c17-13-6-4-12(5-7-13)14(18)15-8-11-16-9-2-1-3-10-16/h1-7,9,17H,8,10-11H2,(H,15,18). The van der Waals surface area contributed by atoms with Crippen LogP contribution in [-0.2, 0) is 0 Å². The van der Waals surface area contributed by atoms with Gasteiger partial charge >= 0.3 is 0 Å². The Morgan fingerprint density at radius 3 is 2.72 bits per heavy atom. The molecule has 1 aliphatic heterocycles. The SMILES string of the molecule is O=C(NCCN1C=CC=CC1)c1ccc(O)cc1. The molecule has 0 atom stereocenters. The maximum absolute atomic E-state index is 11.8. The Hall–Kier alpha value is -2.23. The fourth-order valence-electron chi connectivity index (χ4n) is 1.70. The molecule has 2 N–H and O–H groups in total. The highest BCUT2D eigenvalue weighted by Crippen LogP contribution is 2.09. The van der Waals surface area contributed by atoms with Gasteiger partial charge < -0.3 is 15.3 Å². The van der Waals surface area contributed by atoms with Crippen LogP contribution in [-0.4, -0.2) is 35.5 Å². The number of carbonyl (C=O) groups is 1. The minimum absolute atomic E-state index is 0.119. The monoisotopic (exact) mass is 244 g/mol. The number of nitrogens with one attached hydrogen (secondary N) is 1. The summed E-state index contributed by atoms with van der Waals surface area (Å²) in [5.41, 5.74) is 0.557. The second-order valence-electron chi connectivity index (χ2n) is 4.07. The molecule has 1 aromatic rings. The van der Waals surface area contributed by atoms with Crippen molar-refractivity contribution in [2.75, 3.05) is 19.6 Å². The van der Waals surface area contributed by atoms with Crippen molar-refractivity contribution in [3.8, 4) is 5.75 Å². The normalized spacial score (nSPS) is 13.7. The van der Waals surface area contributed by atoms with E-state index in [1.807, 2.05) is 18.4 Å². The number of amides is 1. The van der Waals surface area contributed by atoms with Crippen molar-refractivity contribution in [3.63, 3.8) is 0 Å². The molecule has 0 saturated carbocycles. The van der Waals surface area contributed by atoms with Gasteiger partial charge in [-0.3, -0.25) is 4.79 Å². The first-order chi connectivity index (χ1) is 8.75. The fourth-order valence-corrected chi connectivity index (χ4v) is 1.70. The number of hydrogen-bond donors (Lipinski definition) is 2. The second-order valence-corrected chi connectivity index (χ2v) is 4.07. The van der Waals surface area contributed by atoms with Gasteiger partial charge in [0.05, 0.1) is 0 Å². The van der Waals surface area contributed by atoms with E-state index in [-0.39, 0.29) is 11.7 Å². The number of nitrogens with zero attached hydrogens (tertiary/aromatic N) is 1. The summed E-state index contributed by atoms with van der Waals surface area (Å²) in [6.07, 6.45) is 8.06. The zero-order valence-electron chi connectivity index (χ0n) is 10.0. The van der Waals surface area contributed by atoms with E-state index in [1.165, 1.54) is 12.1 Å². The highest BCUT2D eigenvalue weighted by Gasteiger charge is 2.05. The fraction of sp³-hybridized carbons (Fsp3) is 0.214. The topological polar surface area (TPSA) is 52.6 Å². The molecule has 0 unspecified atom stereocenters. The molecule has 1 heterocycles. The van der Waals surface area contributed by atoms with Crippen LogP contribution in [0.5, 0.6) is 5.75 Å². The Kier molecular flexibility index (Phi) is 4.02. The maximum atomic E-state index is 11.8. The summed E-state index contributed by atoms with van der Waals surface area (Å²) in [6.45, 7) is 2.26. The molecule has 0 fully saturated rings. The number of allylic oxidation sites excluding steroid dienone is 2. The van der Waals surface area contributed by atoms with Crippen molar-refractivity contribution in [1.29, 1.82) is 0 Å². The minimum atomic E-state index is -0.119. The van der Waals surface area contributed by atoms with Crippen LogP contribution < -0.4 is 5.32 Å². The number of phenols is 1. The first kappa shape index (κ1) is 12.2. The van der Waals surface area contributed by atoms with E-state index in [9.17, 15) is 4.79 Å². The molecule has 94 valence electrons. The van der Waals surface area contributed by atoms with Gasteiger partial charge in [0.25, 0.3) is 5.91 Å². The number of benzene rings is 1. The van der Waals surface area contributed by atoms with Crippen LogP contribution in [0, 0.1) is 0 Å². The third-order valence-electron chi connectivity index (χ3n) is 2.70. The van der Waals surface area contributed by atoms with Gasteiger partial charge in [-0.15, -0.1) is 0 Å². The Morgan fingerprint density at radius 1 is 1.28 bits per heavy atom. The first-order valence-electron chi connectivity index (χ1n) is 5.90. The zero-order chi connectivity index (χ0) is 12.8. The van der Waals surface area contributed by atoms with E-state index in [0.29, 0.717) is 12.1 Å². The van der Waals surface area contributed by atoms with E-state index in [2.05, 4.69) is 16.3 Å². The van der Waals surface area contributed by atoms with E-state index < -0.39 is 0 Å². The van der Waals surface area contributed by atoms with Crippen LogP contribution in [0.25, 0.3) is 0 Å². The quantitative estimate of drug-likeness (QED) is 0.844. The van der Waals surface area contributed by atoms with Crippen LogP contribution in [0.15, 0.2) is 48.7 Å². The molecular formula is C14H16N2O2. The molecule has 4 heteroatoms. The highest BCUT2D eigenvalue weighted by atomic mass is 16.3. The lowest BCUT2D eigenvalue weighted by molar-refractivity contribution is 0.0951. The molecule has 0 bridgehead atoms. The lowest BCUT2D eigenvalue weighted by atomic mass is 10.2. The Balaban J connectivity index is 1.76. The van der Waals surface area contributed by atoms with E-state index in [1.54, 1.807) is 12.1 Å². The summed E-state index contributed by atoms with van der Waals surface area (Å²) >= 11 is 0. The first-order valence-corrected chi connectivity index (χ1v) is 5.90. The molecule has 0 aliphatic carbocycles. The van der Waals surface area contributed by atoms with Crippen molar-refractivity contribution in [2.45, 2.75) is 0 Å². The van der Waals surface area contributed by atoms with Crippen molar-refractivity contribution in [3.05, 3.63) is 54.3 Å². The van der Waals surface area contributed by atoms with E-state index >= 15 is 0 Å². The predicted octanol–water partition coefficient (Wildman–Crippen LogP) is 1.51.